The largest absolute Gasteiger partial charge is 0.489 e. The number of carbonyl (C=O) groups excluding carboxylic acids is 2. The van der Waals surface area contributed by atoms with Crippen LogP contribution in [0, 0.1) is 0 Å². The molecular weight excluding hydrogens is 414 g/mol. The molecule has 0 aliphatic rings. The summed E-state index contributed by atoms with van der Waals surface area (Å²) in [4.78, 5) is 26.9. The highest BCUT2D eigenvalue weighted by Crippen LogP contribution is 2.16. The fourth-order valence-corrected chi connectivity index (χ4v) is 3.45. The highest BCUT2D eigenvalue weighted by molar-refractivity contribution is 5.89. The Bertz CT molecular complexity index is 1020. The fourth-order valence-electron chi connectivity index (χ4n) is 3.45. The zero-order valence-corrected chi connectivity index (χ0v) is 19.1. The standard InChI is InChI=1S/C27H31N3O3/c1-30(2)27(32)25(29-26(31)24(28)17-20-9-5-3-6-10-20)18-21-13-15-23(16-14-21)33-19-22-11-7-4-8-12-22/h3-16,24-25H,17-19,28H2,1-2H3,(H,29,31)/t24-,25-/m0/s1. The van der Waals surface area contributed by atoms with Gasteiger partial charge in [0.05, 0.1) is 6.04 Å². The summed E-state index contributed by atoms with van der Waals surface area (Å²) in [5.74, 6) is 0.216. The van der Waals surface area contributed by atoms with Crippen molar-refractivity contribution in [2.75, 3.05) is 14.1 Å². The van der Waals surface area contributed by atoms with Crippen LogP contribution in [-0.4, -0.2) is 42.9 Å². The van der Waals surface area contributed by atoms with Crippen molar-refractivity contribution in [1.82, 2.24) is 10.2 Å². The lowest BCUT2D eigenvalue weighted by Gasteiger charge is -2.23. The van der Waals surface area contributed by atoms with Crippen LogP contribution in [0.5, 0.6) is 5.75 Å². The smallest absolute Gasteiger partial charge is 0.244 e. The molecule has 3 aromatic carbocycles. The zero-order valence-electron chi connectivity index (χ0n) is 19.1. The van der Waals surface area contributed by atoms with E-state index in [2.05, 4.69) is 5.32 Å². The van der Waals surface area contributed by atoms with Crippen LogP contribution in [0.3, 0.4) is 0 Å². The van der Waals surface area contributed by atoms with Gasteiger partial charge in [0, 0.05) is 20.5 Å². The summed E-state index contributed by atoms with van der Waals surface area (Å²) in [6, 6.07) is 25.7. The summed E-state index contributed by atoms with van der Waals surface area (Å²) in [5, 5.41) is 2.84. The normalized spacial score (nSPS) is 12.5. The van der Waals surface area contributed by atoms with Gasteiger partial charge in [-0.2, -0.15) is 0 Å². The maximum Gasteiger partial charge on any atom is 0.244 e. The molecule has 6 nitrogen and oxygen atoms in total. The first-order chi connectivity index (χ1) is 15.9. The Morgan fingerprint density at radius 3 is 1.94 bits per heavy atom. The molecule has 0 bridgehead atoms. The minimum absolute atomic E-state index is 0.181. The van der Waals surface area contributed by atoms with Gasteiger partial charge in [-0.05, 0) is 35.2 Å². The highest BCUT2D eigenvalue weighted by Gasteiger charge is 2.25. The Balaban J connectivity index is 1.61. The van der Waals surface area contributed by atoms with E-state index < -0.39 is 12.1 Å². The summed E-state index contributed by atoms with van der Waals surface area (Å²) in [6.45, 7) is 0.483. The van der Waals surface area contributed by atoms with E-state index in [1.807, 2.05) is 84.9 Å². The van der Waals surface area contributed by atoms with Crippen molar-refractivity contribution in [3.8, 4) is 5.75 Å². The van der Waals surface area contributed by atoms with Crippen molar-refractivity contribution in [3.63, 3.8) is 0 Å². The van der Waals surface area contributed by atoms with E-state index in [9.17, 15) is 9.59 Å². The van der Waals surface area contributed by atoms with Crippen LogP contribution in [0.1, 0.15) is 16.7 Å². The van der Waals surface area contributed by atoms with E-state index in [-0.39, 0.29) is 11.8 Å². The molecule has 0 radical (unpaired) electrons. The Morgan fingerprint density at radius 2 is 1.36 bits per heavy atom. The Hall–Kier alpha value is -3.64. The molecule has 0 heterocycles. The van der Waals surface area contributed by atoms with Gasteiger partial charge in [-0.25, -0.2) is 0 Å². The number of nitrogens with zero attached hydrogens (tertiary/aromatic N) is 1. The number of hydrogen-bond donors (Lipinski definition) is 2. The van der Waals surface area contributed by atoms with Crippen molar-refractivity contribution < 1.29 is 14.3 Å². The van der Waals surface area contributed by atoms with Crippen molar-refractivity contribution in [2.45, 2.75) is 31.5 Å². The van der Waals surface area contributed by atoms with Gasteiger partial charge in [0.15, 0.2) is 0 Å². The summed E-state index contributed by atoms with van der Waals surface area (Å²) in [6.07, 6.45) is 0.767. The fraction of sp³-hybridized carbons (Fsp3) is 0.259. The predicted molar refractivity (Wildman–Crippen MR) is 130 cm³/mol. The second kappa shape index (κ2) is 11.8. The molecule has 0 aromatic heterocycles. The lowest BCUT2D eigenvalue weighted by Crippen LogP contribution is -2.52. The molecule has 2 amide bonds. The van der Waals surface area contributed by atoms with E-state index in [1.54, 1.807) is 14.1 Å². The molecular formula is C27H31N3O3. The van der Waals surface area contributed by atoms with Gasteiger partial charge in [0.1, 0.15) is 18.4 Å². The van der Waals surface area contributed by atoms with E-state index in [1.165, 1.54) is 4.90 Å². The summed E-state index contributed by atoms with van der Waals surface area (Å²) in [5.41, 5.74) is 9.10. The van der Waals surface area contributed by atoms with Crippen LogP contribution in [0.2, 0.25) is 0 Å². The lowest BCUT2D eigenvalue weighted by molar-refractivity contribution is -0.134. The number of hydrogen-bond acceptors (Lipinski definition) is 4. The van der Waals surface area contributed by atoms with Crippen LogP contribution in [0.25, 0.3) is 0 Å². The SMILES string of the molecule is CN(C)C(=O)[C@H](Cc1ccc(OCc2ccccc2)cc1)NC(=O)[C@@H](N)Cc1ccccc1. The molecule has 172 valence electrons. The summed E-state index contributed by atoms with van der Waals surface area (Å²) < 4.78 is 5.83. The van der Waals surface area contributed by atoms with E-state index >= 15 is 0 Å². The molecule has 3 aromatic rings. The summed E-state index contributed by atoms with van der Waals surface area (Å²) in [7, 11) is 3.35. The second-order valence-electron chi connectivity index (χ2n) is 8.21. The minimum atomic E-state index is -0.737. The van der Waals surface area contributed by atoms with Gasteiger partial charge in [-0.1, -0.05) is 72.8 Å². The van der Waals surface area contributed by atoms with E-state index in [4.69, 9.17) is 10.5 Å². The average molecular weight is 446 g/mol. The monoisotopic (exact) mass is 445 g/mol. The van der Waals surface area contributed by atoms with Gasteiger partial charge in [0.25, 0.3) is 0 Å². The maximum absolute atomic E-state index is 12.7. The first-order valence-electron chi connectivity index (χ1n) is 11.0. The molecule has 0 fully saturated rings. The average Bonchev–Trinajstić information content (AvgIpc) is 2.83. The van der Waals surface area contributed by atoms with Crippen molar-refractivity contribution in [1.29, 1.82) is 0 Å². The third-order valence-electron chi connectivity index (χ3n) is 5.30. The zero-order chi connectivity index (χ0) is 23.6. The number of likely N-dealkylation sites (N-methyl/N-ethyl adjacent to an activating group) is 1. The first kappa shape index (κ1) is 24.0. The number of carbonyl (C=O) groups is 2. The Kier molecular flexibility index (Phi) is 8.61. The molecule has 33 heavy (non-hydrogen) atoms. The third-order valence-corrected chi connectivity index (χ3v) is 5.30. The maximum atomic E-state index is 12.7. The van der Waals surface area contributed by atoms with Gasteiger partial charge in [-0.3, -0.25) is 9.59 Å². The second-order valence-corrected chi connectivity index (χ2v) is 8.21. The molecule has 6 heteroatoms. The predicted octanol–water partition coefficient (Wildman–Crippen LogP) is 2.95. The van der Waals surface area contributed by atoms with Crippen LogP contribution >= 0.6 is 0 Å². The van der Waals surface area contributed by atoms with Gasteiger partial charge in [-0.15, -0.1) is 0 Å². The molecule has 0 spiro atoms. The molecule has 3 rings (SSSR count). The number of benzene rings is 3. The van der Waals surface area contributed by atoms with Crippen molar-refractivity contribution in [3.05, 3.63) is 102 Å². The van der Waals surface area contributed by atoms with E-state index in [0.717, 1.165) is 22.4 Å². The van der Waals surface area contributed by atoms with Crippen molar-refractivity contribution >= 4 is 11.8 Å². The Morgan fingerprint density at radius 1 is 0.818 bits per heavy atom. The Labute approximate surface area is 195 Å². The number of amides is 2. The molecule has 0 aliphatic carbocycles. The molecule has 2 atom stereocenters. The van der Waals surface area contributed by atoms with Gasteiger partial charge < -0.3 is 20.7 Å². The van der Waals surface area contributed by atoms with Crippen molar-refractivity contribution in [2.24, 2.45) is 5.73 Å². The number of nitrogens with two attached hydrogens (primary N) is 1. The van der Waals surface area contributed by atoms with Gasteiger partial charge >= 0.3 is 0 Å². The first-order valence-corrected chi connectivity index (χ1v) is 11.0. The summed E-state index contributed by atoms with van der Waals surface area (Å²) >= 11 is 0. The number of ether oxygens (including phenoxy) is 1. The third kappa shape index (κ3) is 7.47. The van der Waals surface area contributed by atoms with Crippen LogP contribution in [0.15, 0.2) is 84.9 Å². The molecule has 0 unspecified atom stereocenters. The molecule has 0 saturated carbocycles. The van der Waals surface area contributed by atoms with E-state index in [0.29, 0.717) is 19.4 Å². The van der Waals surface area contributed by atoms with Crippen LogP contribution < -0.4 is 15.8 Å². The highest BCUT2D eigenvalue weighted by atomic mass is 16.5. The number of rotatable bonds is 10. The lowest BCUT2D eigenvalue weighted by atomic mass is 10.0. The molecule has 0 saturated heterocycles. The van der Waals surface area contributed by atoms with Crippen LogP contribution in [-0.2, 0) is 29.0 Å². The van der Waals surface area contributed by atoms with Gasteiger partial charge in [0.2, 0.25) is 11.8 Å². The number of nitrogens with one attached hydrogen (secondary N) is 1. The quantitative estimate of drug-likeness (QED) is 0.503. The topological polar surface area (TPSA) is 84.7 Å². The molecule has 0 aliphatic heterocycles. The van der Waals surface area contributed by atoms with Crippen LogP contribution in [0.4, 0.5) is 0 Å². The molecule has 3 N–H and O–H groups in total. The minimum Gasteiger partial charge on any atom is -0.489 e.